The van der Waals surface area contributed by atoms with Gasteiger partial charge in [0.25, 0.3) is 5.91 Å². The highest BCUT2D eigenvalue weighted by molar-refractivity contribution is 6.36. The third-order valence-corrected chi connectivity index (χ3v) is 3.69. The third-order valence-electron chi connectivity index (χ3n) is 3.14. The van der Waals surface area contributed by atoms with Crippen LogP contribution in [0.25, 0.3) is 0 Å². The lowest BCUT2D eigenvalue weighted by Crippen LogP contribution is -2.48. The average molecular weight is 375 g/mol. The molecule has 2 amide bonds. The fourth-order valence-electron chi connectivity index (χ4n) is 1.97. The molecule has 1 unspecified atom stereocenters. The van der Waals surface area contributed by atoms with Gasteiger partial charge in [0.05, 0.1) is 17.7 Å². The lowest BCUT2D eigenvalue weighted by atomic mass is 10.0. The Hall–Kier alpha value is -1.79. The number of ether oxygens (including phenoxy) is 1. The monoisotopic (exact) mass is 374 g/mol. The summed E-state index contributed by atoms with van der Waals surface area (Å²) in [6.07, 6.45) is 0.407. The van der Waals surface area contributed by atoms with E-state index in [4.69, 9.17) is 23.2 Å². The molecule has 132 valence electrons. The van der Waals surface area contributed by atoms with Crippen molar-refractivity contribution in [2.24, 2.45) is 5.92 Å². The predicted octanol–water partition coefficient (Wildman–Crippen LogP) is 2.43. The molecule has 6 nitrogen and oxygen atoms in total. The first-order valence-corrected chi connectivity index (χ1v) is 8.10. The molecule has 0 radical (unpaired) electrons. The summed E-state index contributed by atoms with van der Waals surface area (Å²) in [5.41, 5.74) is 0.218. The molecule has 1 aromatic carbocycles. The minimum Gasteiger partial charge on any atom is -0.468 e. The maximum Gasteiger partial charge on any atom is 0.325 e. The van der Waals surface area contributed by atoms with Crippen molar-refractivity contribution in [1.29, 1.82) is 0 Å². The highest BCUT2D eigenvalue weighted by Crippen LogP contribution is 2.21. The van der Waals surface area contributed by atoms with Crippen LogP contribution in [0, 0.1) is 5.92 Å². The van der Waals surface area contributed by atoms with Gasteiger partial charge in [0.15, 0.2) is 0 Å². The van der Waals surface area contributed by atoms with Crippen LogP contribution in [0.3, 0.4) is 0 Å². The predicted molar refractivity (Wildman–Crippen MR) is 92.2 cm³/mol. The van der Waals surface area contributed by atoms with Crippen molar-refractivity contribution >= 4 is 41.0 Å². The average Bonchev–Trinajstić information content (AvgIpc) is 2.50. The smallest absolute Gasteiger partial charge is 0.325 e. The number of hydrogen-bond acceptors (Lipinski definition) is 4. The van der Waals surface area contributed by atoms with Crippen LogP contribution < -0.4 is 10.6 Å². The SMILES string of the molecule is COC(=O)CNC(=O)C(CC(C)C)NC(=O)c1ccc(Cl)cc1Cl. The first-order chi connectivity index (χ1) is 11.2. The van der Waals surface area contributed by atoms with Gasteiger partial charge >= 0.3 is 5.97 Å². The Morgan fingerprint density at radius 2 is 1.88 bits per heavy atom. The zero-order chi connectivity index (χ0) is 18.3. The van der Waals surface area contributed by atoms with Gasteiger partial charge in [-0.2, -0.15) is 0 Å². The third kappa shape index (κ3) is 6.37. The van der Waals surface area contributed by atoms with E-state index in [9.17, 15) is 14.4 Å². The number of esters is 1. The molecule has 1 aromatic rings. The van der Waals surface area contributed by atoms with Gasteiger partial charge in [-0.1, -0.05) is 37.0 Å². The number of carbonyl (C=O) groups excluding carboxylic acids is 3. The number of carbonyl (C=O) groups is 3. The highest BCUT2D eigenvalue weighted by atomic mass is 35.5. The van der Waals surface area contributed by atoms with Crippen molar-refractivity contribution in [2.45, 2.75) is 26.3 Å². The van der Waals surface area contributed by atoms with E-state index in [1.54, 1.807) is 0 Å². The molecule has 1 rings (SSSR count). The van der Waals surface area contributed by atoms with Gasteiger partial charge in [-0.15, -0.1) is 0 Å². The molecule has 0 heterocycles. The summed E-state index contributed by atoms with van der Waals surface area (Å²) in [5.74, 6) is -1.37. The number of hydrogen-bond donors (Lipinski definition) is 2. The largest absolute Gasteiger partial charge is 0.468 e. The molecule has 2 N–H and O–H groups in total. The number of halogens is 2. The number of rotatable bonds is 7. The van der Waals surface area contributed by atoms with Gasteiger partial charge in [0.2, 0.25) is 5.91 Å². The Labute approximate surface area is 150 Å². The molecular formula is C16H20Cl2N2O4. The van der Waals surface area contributed by atoms with Gasteiger partial charge in [0.1, 0.15) is 12.6 Å². The molecule has 0 saturated carbocycles. The van der Waals surface area contributed by atoms with Gasteiger partial charge in [-0.25, -0.2) is 0 Å². The fraction of sp³-hybridized carbons (Fsp3) is 0.438. The molecule has 0 aliphatic rings. The molecule has 0 saturated heterocycles. The lowest BCUT2D eigenvalue weighted by molar-refractivity contribution is -0.141. The van der Waals surface area contributed by atoms with Crippen LogP contribution in [0.15, 0.2) is 18.2 Å². The number of benzene rings is 1. The second kappa shape index (κ2) is 9.49. The van der Waals surface area contributed by atoms with E-state index in [-0.39, 0.29) is 23.0 Å². The van der Waals surface area contributed by atoms with E-state index in [0.717, 1.165) is 0 Å². The maximum atomic E-state index is 12.4. The van der Waals surface area contributed by atoms with Crippen LogP contribution in [0.2, 0.25) is 10.0 Å². The number of nitrogens with one attached hydrogen (secondary N) is 2. The van der Waals surface area contributed by atoms with Crippen LogP contribution >= 0.6 is 23.2 Å². The van der Waals surface area contributed by atoms with Crippen LogP contribution in [0.1, 0.15) is 30.6 Å². The molecule has 0 fully saturated rings. The molecule has 0 aromatic heterocycles. The zero-order valence-corrected chi connectivity index (χ0v) is 15.2. The van der Waals surface area contributed by atoms with Crippen molar-refractivity contribution < 1.29 is 19.1 Å². The first kappa shape index (κ1) is 20.3. The molecule has 0 aliphatic carbocycles. The summed E-state index contributed by atoms with van der Waals surface area (Å²) in [4.78, 5) is 35.7. The quantitative estimate of drug-likeness (QED) is 0.717. The second-order valence-corrected chi connectivity index (χ2v) is 6.42. The minimum atomic E-state index is -0.797. The topological polar surface area (TPSA) is 84.5 Å². The molecular weight excluding hydrogens is 355 g/mol. The maximum absolute atomic E-state index is 12.4. The molecule has 8 heteroatoms. The van der Waals surface area contributed by atoms with Gasteiger partial charge < -0.3 is 15.4 Å². The number of amides is 2. The standard InChI is InChI=1S/C16H20Cl2N2O4/c1-9(2)6-13(16(23)19-8-14(21)24-3)20-15(22)11-5-4-10(17)7-12(11)18/h4-5,7,9,13H,6,8H2,1-3H3,(H,19,23)(H,20,22). The van der Waals surface area contributed by atoms with Crippen molar-refractivity contribution in [3.63, 3.8) is 0 Å². The summed E-state index contributed by atoms with van der Waals surface area (Å²) >= 11 is 11.8. The minimum absolute atomic E-state index is 0.153. The summed E-state index contributed by atoms with van der Waals surface area (Å²) in [6, 6.07) is 3.68. The fourth-order valence-corrected chi connectivity index (χ4v) is 2.46. The van der Waals surface area contributed by atoms with Gasteiger partial charge in [-0.3, -0.25) is 14.4 Å². The second-order valence-electron chi connectivity index (χ2n) is 5.57. The van der Waals surface area contributed by atoms with Crippen molar-refractivity contribution in [3.05, 3.63) is 33.8 Å². The number of methoxy groups -OCH3 is 1. The van der Waals surface area contributed by atoms with E-state index in [0.29, 0.717) is 11.4 Å². The van der Waals surface area contributed by atoms with Gasteiger partial charge in [0, 0.05) is 5.02 Å². The zero-order valence-electron chi connectivity index (χ0n) is 13.7. The van der Waals surface area contributed by atoms with E-state index >= 15 is 0 Å². The molecule has 0 aliphatic heterocycles. The van der Waals surface area contributed by atoms with E-state index < -0.39 is 23.8 Å². The lowest BCUT2D eigenvalue weighted by Gasteiger charge is -2.20. The van der Waals surface area contributed by atoms with Crippen molar-refractivity contribution in [2.75, 3.05) is 13.7 Å². The molecule has 1 atom stereocenters. The molecule has 0 spiro atoms. The summed E-state index contributed by atoms with van der Waals surface area (Å²) in [7, 11) is 1.23. The van der Waals surface area contributed by atoms with Gasteiger partial charge in [-0.05, 0) is 30.5 Å². The Balaban J connectivity index is 2.82. The van der Waals surface area contributed by atoms with Crippen LogP contribution in [0.4, 0.5) is 0 Å². The van der Waals surface area contributed by atoms with Crippen molar-refractivity contribution in [1.82, 2.24) is 10.6 Å². The van der Waals surface area contributed by atoms with E-state index in [2.05, 4.69) is 15.4 Å². The van der Waals surface area contributed by atoms with Crippen molar-refractivity contribution in [3.8, 4) is 0 Å². The summed E-state index contributed by atoms with van der Waals surface area (Å²) < 4.78 is 4.47. The Kier molecular flexibility index (Phi) is 8.01. The highest BCUT2D eigenvalue weighted by Gasteiger charge is 2.24. The van der Waals surface area contributed by atoms with E-state index in [1.165, 1.54) is 25.3 Å². The first-order valence-electron chi connectivity index (χ1n) is 7.35. The van der Waals surface area contributed by atoms with Crippen LogP contribution in [0.5, 0.6) is 0 Å². The van der Waals surface area contributed by atoms with E-state index in [1.807, 2.05) is 13.8 Å². The normalized spacial score (nSPS) is 11.8. The Bertz CT molecular complexity index is 620. The molecule has 24 heavy (non-hydrogen) atoms. The summed E-state index contributed by atoms with van der Waals surface area (Å²) in [5, 5.41) is 5.67. The van der Waals surface area contributed by atoms with Crippen LogP contribution in [-0.4, -0.2) is 37.5 Å². The molecule has 0 bridgehead atoms. The Morgan fingerprint density at radius 1 is 1.21 bits per heavy atom. The summed E-state index contributed by atoms with van der Waals surface area (Å²) in [6.45, 7) is 3.57. The Morgan fingerprint density at radius 3 is 2.42 bits per heavy atom. The van der Waals surface area contributed by atoms with Crippen LogP contribution in [-0.2, 0) is 14.3 Å².